The molecule has 0 saturated carbocycles. The molecular weight excluding hydrogens is 394 g/mol. The second kappa shape index (κ2) is 8.04. The summed E-state index contributed by atoms with van der Waals surface area (Å²) in [5.41, 5.74) is 1.22. The molecule has 3 rings (SSSR count). The summed E-state index contributed by atoms with van der Waals surface area (Å²) in [7, 11) is 0. The maximum atomic E-state index is 13.1. The van der Waals surface area contributed by atoms with Gasteiger partial charge >= 0.3 is 5.97 Å². The number of nitrogens with zero attached hydrogens (tertiary/aromatic N) is 1. The molecule has 136 valence electrons. The first kappa shape index (κ1) is 18.6. The van der Waals surface area contributed by atoms with Crippen LogP contribution in [0.2, 0.25) is 0 Å². The lowest BCUT2D eigenvalue weighted by Gasteiger charge is -2.40. The second-order valence-corrected chi connectivity index (χ2v) is 7.57. The predicted octanol–water partition coefficient (Wildman–Crippen LogP) is 4.07. The molecule has 2 aromatic carbocycles. The summed E-state index contributed by atoms with van der Waals surface area (Å²) in [5, 5.41) is 0. The third-order valence-electron chi connectivity index (χ3n) is 5.06. The Hall–Kier alpha value is -2.14. The van der Waals surface area contributed by atoms with E-state index in [9.17, 15) is 9.59 Å². The van der Waals surface area contributed by atoms with Crippen molar-refractivity contribution in [2.75, 3.05) is 13.1 Å². The van der Waals surface area contributed by atoms with E-state index in [0.717, 1.165) is 15.6 Å². The number of carbonyl (C=O) groups excluding carboxylic acids is 2. The summed E-state index contributed by atoms with van der Waals surface area (Å²) in [5.74, 6) is -0.162. The molecule has 0 radical (unpaired) electrons. The zero-order valence-corrected chi connectivity index (χ0v) is 16.4. The van der Waals surface area contributed by atoms with Crippen LogP contribution in [0.1, 0.15) is 30.9 Å². The van der Waals surface area contributed by atoms with E-state index in [-0.39, 0.29) is 18.5 Å². The van der Waals surface area contributed by atoms with Crippen molar-refractivity contribution < 1.29 is 14.3 Å². The van der Waals surface area contributed by atoms with Crippen LogP contribution < -0.4 is 0 Å². The van der Waals surface area contributed by atoms with Crippen LogP contribution >= 0.6 is 15.9 Å². The van der Waals surface area contributed by atoms with Gasteiger partial charge in [0.2, 0.25) is 5.91 Å². The van der Waals surface area contributed by atoms with Gasteiger partial charge in [-0.2, -0.15) is 0 Å². The molecule has 1 amide bonds. The highest BCUT2D eigenvalue weighted by atomic mass is 79.9. The van der Waals surface area contributed by atoms with Crippen molar-refractivity contribution in [2.24, 2.45) is 0 Å². The smallest absolute Gasteiger partial charge is 0.317 e. The molecule has 0 spiro atoms. The zero-order valence-electron chi connectivity index (χ0n) is 14.8. The Morgan fingerprint density at radius 1 is 1.04 bits per heavy atom. The zero-order chi connectivity index (χ0) is 18.6. The van der Waals surface area contributed by atoms with Crippen molar-refractivity contribution in [1.82, 2.24) is 4.90 Å². The summed E-state index contributed by atoms with van der Waals surface area (Å²) < 4.78 is 6.69. The molecule has 0 N–H and O–H groups in total. The molecule has 0 atom stereocenters. The number of hydrogen-bond donors (Lipinski definition) is 0. The molecule has 5 heteroatoms. The molecule has 1 heterocycles. The predicted molar refractivity (Wildman–Crippen MR) is 104 cm³/mol. The number of hydrogen-bond acceptors (Lipinski definition) is 3. The molecule has 0 aromatic heterocycles. The first-order chi connectivity index (χ1) is 12.5. The first-order valence-corrected chi connectivity index (χ1v) is 9.53. The molecule has 0 bridgehead atoms. The fraction of sp³-hybridized carbons (Fsp3) is 0.333. The van der Waals surface area contributed by atoms with Gasteiger partial charge in [0.05, 0.1) is 5.41 Å². The van der Waals surface area contributed by atoms with Crippen molar-refractivity contribution in [1.29, 1.82) is 0 Å². The standard InChI is InChI=1S/C21H22BrNO3/c1-16(24)23-13-11-21(12-14-23,18-5-3-2-4-6-18)20(25)26-15-17-7-9-19(22)10-8-17/h2-10H,11-15H2,1H3. The van der Waals surface area contributed by atoms with Crippen molar-refractivity contribution in [3.8, 4) is 0 Å². The van der Waals surface area contributed by atoms with Crippen LogP contribution in [0.25, 0.3) is 0 Å². The Kier molecular flexibility index (Phi) is 5.77. The third-order valence-corrected chi connectivity index (χ3v) is 5.59. The van der Waals surface area contributed by atoms with E-state index in [2.05, 4.69) is 15.9 Å². The molecule has 1 saturated heterocycles. The number of carbonyl (C=O) groups is 2. The fourth-order valence-corrected chi connectivity index (χ4v) is 3.70. The highest BCUT2D eigenvalue weighted by Crippen LogP contribution is 2.37. The van der Waals surface area contributed by atoms with Crippen LogP contribution in [0, 0.1) is 0 Å². The Morgan fingerprint density at radius 2 is 1.65 bits per heavy atom. The summed E-state index contributed by atoms with van der Waals surface area (Å²) in [6.45, 7) is 2.95. The van der Waals surface area contributed by atoms with Crippen molar-refractivity contribution in [2.45, 2.75) is 31.8 Å². The maximum Gasteiger partial charge on any atom is 0.317 e. The number of halogens is 1. The van der Waals surface area contributed by atoms with E-state index in [4.69, 9.17) is 4.74 Å². The molecule has 0 unspecified atom stereocenters. The lowest BCUT2D eigenvalue weighted by atomic mass is 9.72. The first-order valence-electron chi connectivity index (χ1n) is 8.74. The van der Waals surface area contributed by atoms with Gasteiger partial charge in [0, 0.05) is 24.5 Å². The van der Waals surface area contributed by atoms with Crippen molar-refractivity contribution >= 4 is 27.8 Å². The largest absolute Gasteiger partial charge is 0.460 e. The minimum Gasteiger partial charge on any atom is -0.460 e. The average molecular weight is 416 g/mol. The van der Waals surface area contributed by atoms with Crippen LogP contribution in [0.4, 0.5) is 0 Å². The number of piperidine rings is 1. The number of benzene rings is 2. The van der Waals surface area contributed by atoms with E-state index >= 15 is 0 Å². The Balaban J connectivity index is 1.78. The molecule has 1 fully saturated rings. The Morgan fingerprint density at radius 3 is 2.23 bits per heavy atom. The van der Waals surface area contributed by atoms with Gasteiger partial charge in [-0.05, 0) is 36.1 Å². The lowest BCUT2D eigenvalue weighted by Crippen LogP contribution is -2.49. The average Bonchev–Trinajstić information content (AvgIpc) is 2.68. The van der Waals surface area contributed by atoms with Crippen LogP contribution in [0.5, 0.6) is 0 Å². The summed E-state index contributed by atoms with van der Waals surface area (Å²) >= 11 is 3.40. The molecule has 1 aliphatic heterocycles. The van der Waals surface area contributed by atoms with E-state index in [1.54, 1.807) is 11.8 Å². The minimum atomic E-state index is -0.692. The van der Waals surface area contributed by atoms with E-state index in [1.807, 2.05) is 54.6 Å². The van der Waals surface area contributed by atoms with Gasteiger partial charge in [0.15, 0.2) is 0 Å². The number of esters is 1. The van der Waals surface area contributed by atoms with E-state index in [1.165, 1.54) is 0 Å². The SMILES string of the molecule is CC(=O)N1CCC(C(=O)OCc2ccc(Br)cc2)(c2ccccc2)CC1. The van der Waals surface area contributed by atoms with Crippen LogP contribution in [0.3, 0.4) is 0 Å². The van der Waals surface area contributed by atoms with E-state index < -0.39 is 5.41 Å². The molecule has 4 nitrogen and oxygen atoms in total. The molecule has 0 aliphatic carbocycles. The quantitative estimate of drug-likeness (QED) is 0.706. The number of ether oxygens (including phenoxy) is 1. The maximum absolute atomic E-state index is 13.1. The molecule has 1 aliphatic rings. The monoisotopic (exact) mass is 415 g/mol. The Bertz CT molecular complexity index is 766. The van der Waals surface area contributed by atoms with Gasteiger partial charge in [-0.15, -0.1) is 0 Å². The van der Waals surface area contributed by atoms with Gasteiger partial charge in [-0.3, -0.25) is 9.59 Å². The fourth-order valence-electron chi connectivity index (χ4n) is 3.44. The minimum absolute atomic E-state index is 0.0508. The van der Waals surface area contributed by atoms with Gasteiger partial charge < -0.3 is 9.64 Å². The lowest BCUT2D eigenvalue weighted by molar-refractivity contribution is -0.155. The summed E-state index contributed by atoms with van der Waals surface area (Å²) in [6.07, 6.45) is 1.16. The molecule has 26 heavy (non-hydrogen) atoms. The van der Waals surface area contributed by atoms with Crippen LogP contribution in [-0.4, -0.2) is 29.9 Å². The van der Waals surface area contributed by atoms with E-state index in [0.29, 0.717) is 25.9 Å². The third kappa shape index (κ3) is 3.98. The number of rotatable bonds is 4. The highest BCUT2D eigenvalue weighted by molar-refractivity contribution is 9.10. The summed E-state index contributed by atoms with van der Waals surface area (Å²) in [4.78, 5) is 26.6. The van der Waals surface area contributed by atoms with Gasteiger partial charge in [-0.1, -0.05) is 58.4 Å². The van der Waals surface area contributed by atoms with Gasteiger partial charge in [0.1, 0.15) is 6.61 Å². The van der Waals surface area contributed by atoms with Gasteiger partial charge in [0.25, 0.3) is 0 Å². The molecular formula is C21H22BrNO3. The summed E-state index contributed by atoms with van der Waals surface area (Å²) in [6, 6.07) is 17.5. The second-order valence-electron chi connectivity index (χ2n) is 6.66. The number of amides is 1. The molecule has 2 aromatic rings. The van der Waals surface area contributed by atoms with Crippen molar-refractivity contribution in [3.63, 3.8) is 0 Å². The van der Waals surface area contributed by atoms with Crippen molar-refractivity contribution in [3.05, 3.63) is 70.2 Å². The van der Waals surface area contributed by atoms with Crippen LogP contribution in [-0.2, 0) is 26.3 Å². The van der Waals surface area contributed by atoms with Gasteiger partial charge in [-0.25, -0.2) is 0 Å². The normalized spacial score (nSPS) is 16.2. The topological polar surface area (TPSA) is 46.6 Å². The van der Waals surface area contributed by atoms with Crippen LogP contribution in [0.15, 0.2) is 59.1 Å². The Labute approximate surface area is 162 Å². The highest BCUT2D eigenvalue weighted by Gasteiger charge is 2.44. The number of likely N-dealkylation sites (tertiary alicyclic amines) is 1.